The molecule has 1 saturated carbocycles. The van der Waals surface area contributed by atoms with E-state index in [9.17, 15) is 17.6 Å². The minimum atomic E-state index is -4.65. The zero-order chi connectivity index (χ0) is 15.0. The van der Waals surface area contributed by atoms with Crippen molar-refractivity contribution < 1.29 is 17.6 Å². The summed E-state index contributed by atoms with van der Waals surface area (Å²) in [5, 5.41) is 3.30. The highest BCUT2D eigenvalue weighted by molar-refractivity contribution is 5.31. The van der Waals surface area contributed by atoms with E-state index in [1.165, 1.54) is 6.07 Å². The summed E-state index contributed by atoms with van der Waals surface area (Å²) in [7, 11) is 0. The van der Waals surface area contributed by atoms with Crippen LogP contribution in [0.15, 0.2) is 18.2 Å². The van der Waals surface area contributed by atoms with Crippen molar-refractivity contribution in [2.45, 2.75) is 45.3 Å². The van der Waals surface area contributed by atoms with E-state index in [1.54, 1.807) is 0 Å². The Morgan fingerprint density at radius 1 is 1.30 bits per heavy atom. The number of alkyl halides is 3. The van der Waals surface area contributed by atoms with E-state index in [1.807, 2.05) is 6.92 Å². The quantitative estimate of drug-likeness (QED) is 0.776. The van der Waals surface area contributed by atoms with Gasteiger partial charge in [-0.25, -0.2) is 4.39 Å². The maximum absolute atomic E-state index is 13.4. The van der Waals surface area contributed by atoms with Gasteiger partial charge in [0.05, 0.1) is 5.56 Å². The van der Waals surface area contributed by atoms with Gasteiger partial charge in [0.1, 0.15) is 5.82 Å². The lowest BCUT2D eigenvalue weighted by Gasteiger charge is -2.26. The number of halogens is 4. The monoisotopic (exact) mass is 289 g/mol. The molecule has 0 bridgehead atoms. The third-order valence-electron chi connectivity index (χ3n) is 3.96. The SMILES string of the molecule is CCCNC(c1ccc(F)c(C(F)(F)F)c1)C1(C)CC1. The number of nitrogens with one attached hydrogen (secondary N) is 1. The molecular formula is C15H19F4N. The Bertz CT molecular complexity index is 477. The van der Waals surface area contributed by atoms with Crippen molar-refractivity contribution in [1.29, 1.82) is 0 Å². The Kier molecular flexibility index (Phi) is 4.09. The van der Waals surface area contributed by atoms with Gasteiger partial charge in [0.25, 0.3) is 0 Å². The Morgan fingerprint density at radius 3 is 2.45 bits per heavy atom. The Morgan fingerprint density at radius 2 is 1.95 bits per heavy atom. The minimum absolute atomic E-state index is 0.0180. The molecular weight excluding hydrogens is 270 g/mol. The third kappa shape index (κ3) is 3.14. The lowest BCUT2D eigenvalue weighted by Crippen LogP contribution is -2.29. The molecule has 0 saturated heterocycles. The first kappa shape index (κ1) is 15.3. The molecule has 1 nitrogen and oxygen atoms in total. The second-order valence-electron chi connectivity index (χ2n) is 5.78. The Balaban J connectivity index is 2.34. The summed E-state index contributed by atoms with van der Waals surface area (Å²) < 4.78 is 51.7. The summed E-state index contributed by atoms with van der Waals surface area (Å²) in [6, 6.07) is 3.18. The first-order chi connectivity index (χ1) is 9.28. The Hall–Kier alpha value is -1.10. The molecule has 0 aliphatic heterocycles. The summed E-state index contributed by atoms with van der Waals surface area (Å²) >= 11 is 0. The van der Waals surface area contributed by atoms with Gasteiger partial charge < -0.3 is 5.32 Å². The highest BCUT2D eigenvalue weighted by Gasteiger charge is 2.46. The van der Waals surface area contributed by atoms with Crippen molar-refractivity contribution in [3.05, 3.63) is 35.1 Å². The van der Waals surface area contributed by atoms with Crippen LogP contribution in [0.2, 0.25) is 0 Å². The normalized spacial score (nSPS) is 18.9. The molecule has 0 aromatic heterocycles. The predicted octanol–water partition coefficient (Wildman–Crippen LogP) is 4.69. The van der Waals surface area contributed by atoms with E-state index in [0.717, 1.165) is 37.9 Å². The molecule has 1 N–H and O–H groups in total. The molecule has 1 aromatic rings. The fraction of sp³-hybridized carbons (Fsp3) is 0.600. The van der Waals surface area contributed by atoms with Crippen molar-refractivity contribution in [3.8, 4) is 0 Å². The topological polar surface area (TPSA) is 12.0 Å². The molecule has 0 amide bonds. The van der Waals surface area contributed by atoms with Crippen LogP contribution in [-0.2, 0) is 6.18 Å². The second-order valence-corrected chi connectivity index (χ2v) is 5.78. The number of benzene rings is 1. The van der Waals surface area contributed by atoms with Gasteiger partial charge in [-0.15, -0.1) is 0 Å². The molecule has 1 unspecified atom stereocenters. The molecule has 1 atom stereocenters. The van der Waals surface area contributed by atoms with E-state index in [0.29, 0.717) is 5.56 Å². The van der Waals surface area contributed by atoms with Crippen LogP contribution >= 0.6 is 0 Å². The molecule has 2 rings (SSSR count). The first-order valence-electron chi connectivity index (χ1n) is 6.88. The van der Waals surface area contributed by atoms with Gasteiger partial charge in [0.2, 0.25) is 0 Å². The van der Waals surface area contributed by atoms with E-state index >= 15 is 0 Å². The van der Waals surface area contributed by atoms with Gasteiger partial charge in [-0.05, 0) is 48.9 Å². The van der Waals surface area contributed by atoms with E-state index in [4.69, 9.17) is 0 Å². The molecule has 20 heavy (non-hydrogen) atoms. The van der Waals surface area contributed by atoms with Gasteiger partial charge in [-0.3, -0.25) is 0 Å². The smallest absolute Gasteiger partial charge is 0.309 e. The van der Waals surface area contributed by atoms with Crippen LogP contribution in [0.5, 0.6) is 0 Å². The van der Waals surface area contributed by atoms with E-state index < -0.39 is 17.6 Å². The minimum Gasteiger partial charge on any atom is -0.309 e. The average Bonchev–Trinajstić information content (AvgIpc) is 3.09. The summed E-state index contributed by atoms with van der Waals surface area (Å²) in [4.78, 5) is 0. The third-order valence-corrected chi connectivity index (χ3v) is 3.96. The van der Waals surface area contributed by atoms with Gasteiger partial charge in [0, 0.05) is 6.04 Å². The van der Waals surface area contributed by atoms with Crippen LogP contribution in [0.25, 0.3) is 0 Å². The molecule has 1 fully saturated rings. The summed E-state index contributed by atoms with van der Waals surface area (Å²) in [5.74, 6) is -1.21. The lowest BCUT2D eigenvalue weighted by molar-refractivity contribution is -0.140. The molecule has 0 radical (unpaired) electrons. The van der Waals surface area contributed by atoms with Gasteiger partial charge >= 0.3 is 6.18 Å². The van der Waals surface area contributed by atoms with E-state index in [2.05, 4.69) is 12.2 Å². The van der Waals surface area contributed by atoms with Crippen LogP contribution in [0.1, 0.15) is 50.3 Å². The zero-order valence-corrected chi connectivity index (χ0v) is 11.6. The molecule has 0 spiro atoms. The molecule has 0 heterocycles. The first-order valence-corrected chi connectivity index (χ1v) is 6.88. The van der Waals surface area contributed by atoms with Crippen LogP contribution in [0.4, 0.5) is 17.6 Å². The maximum Gasteiger partial charge on any atom is 0.419 e. The van der Waals surface area contributed by atoms with Gasteiger partial charge in [-0.1, -0.05) is 19.9 Å². The van der Waals surface area contributed by atoms with Crippen LogP contribution in [0, 0.1) is 11.2 Å². The fourth-order valence-electron chi connectivity index (χ4n) is 2.48. The maximum atomic E-state index is 13.4. The van der Waals surface area contributed by atoms with Crippen molar-refractivity contribution in [2.75, 3.05) is 6.54 Å². The van der Waals surface area contributed by atoms with E-state index in [-0.39, 0.29) is 11.5 Å². The van der Waals surface area contributed by atoms with Crippen LogP contribution < -0.4 is 5.32 Å². The number of hydrogen-bond donors (Lipinski definition) is 1. The van der Waals surface area contributed by atoms with Crippen LogP contribution in [0.3, 0.4) is 0 Å². The summed E-state index contributed by atoms with van der Waals surface area (Å²) in [6.45, 7) is 4.79. The van der Waals surface area contributed by atoms with Crippen molar-refractivity contribution in [2.24, 2.45) is 5.41 Å². The predicted molar refractivity (Wildman–Crippen MR) is 69.8 cm³/mol. The largest absolute Gasteiger partial charge is 0.419 e. The summed E-state index contributed by atoms with van der Waals surface area (Å²) in [5.41, 5.74) is -0.676. The molecule has 1 aliphatic rings. The van der Waals surface area contributed by atoms with Crippen LogP contribution in [-0.4, -0.2) is 6.54 Å². The molecule has 112 valence electrons. The lowest BCUT2D eigenvalue weighted by atomic mass is 9.90. The second kappa shape index (κ2) is 5.35. The van der Waals surface area contributed by atoms with Crippen molar-refractivity contribution in [3.63, 3.8) is 0 Å². The standard InChI is InChI=1S/C15H19F4N/c1-3-8-20-13(14(2)6-7-14)10-4-5-12(16)11(9-10)15(17,18)19/h4-5,9,13,20H,3,6-8H2,1-2H3. The Labute approximate surface area is 116 Å². The van der Waals surface area contributed by atoms with Gasteiger partial charge in [-0.2, -0.15) is 13.2 Å². The summed E-state index contributed by atoms with van der Waals surface area (Å²) in [6.07, 6.45) is -1.79. The molecule has 5 heteroatoms. The van der Waals surface area contributed by atoms with Gasteiger partial charge in [0.15, 0.2) is 0 Å². The van der Waals surface area contributed by atoms with Crippen molar-refractivity contribution >= 4 is 0 Å². The highest BCUT2D eigenvalue weighted by Crippen LogP contribution is 2.54. The van der Waals surface area contributed by atoms with Crippen molar-refractivity contribution in [1.82, 2.24) is 5.32 Å². The highest BCUT2D eigenvalue weighted by atomic mass is 19.4. The molecule has 1 aromatic carbocycles. The zero-order valence-electron chi connectivity index (χ0n) is 11.6. The molecule has 1 aliphatic carbocycles. The number of hydrogen-bond acceptors (Lipinski definition) is 1. The average molecular weight is 289 g/mol. The fourth-order valence-corrected chi connectivity index (χ4v) is 2.48. The number of rotatable bonds is 5.